The molecular weight excluding hydrogens is 422 g/mol. The van der Waals surface area contributed by atoms with Crippen molar-refractivity contribution in [2.75, 3.05) is 0 Å². The Labute approximate surface area is 190 Å². The number of fused-ring (bicyclic) bond motifs is 1. The third kappa shape index (κ3) is 4.97. The Kier molecular flexibility index (Phi) is 6.58. The van der Waals surface area contributed by atoms with E-state index >= 15 is 0 Å². The van der Waals surface area contributed by atoms with Crippen LogP contribution in [-0.4, -0.2) is 24.6 Å². The minimum Gasteiger partial charge on any atom is -0.467 e. The molecule has 9 heteroatoms. The first-order valence-electron chi connectivity index (χ1n) is 11.0. The van der Waals surface area contributed by atoms with Gasteiger partial charge in [0.2, 0.25) is 5.91 Å². The first-order chi connectivity index (χ1) is 15.9. The van der Waals surface area contributed by atoms with E-state index in [0.717, 1.165) is 16.6 Å². The van der Waals surface area contributed by atoms with Crippen LogP contribution in [0.25, 0.3) is 11.2 Å². The molecule has 0 spiro atoms. The van der Waals surface area contributed by atoms with E-state index in [0.29, 0.717) is 29.4 Å². The van der Waals surface area contributed by atoms with Gasteiger partial charge in [-0.05, 0) is 30.0 Å². The van der Waals surface area contributed by atoms with Gasteiger partial charge < -0.3 is 14.3 Å². The zero-order valence-corrected chi connectivity index (χ0v) is 18.7. The highest BCUT2D eigenvalue weighted by molar-refractivity contribution is 5.76. The average Bonchev–Trinajstić information content (AvgIpc) is 3.47. The van der Waals surface area contributed by atoms with Crippen LogP contribution in [0.1, 0.15) is 31.6 Å². The topological polar surface area (TPSA) is 104 Å². The molecule has 9 nitrogen and oxygen atoms in total. The fourth-order valence-electron chi connectivity index (χ4n) is 3.65. The van der Waals surface area contributed by atoms with Crippen molar-refractivity contribution in [2.45, 2.75) is 46.4 Å². The second-order valence-corrected chi connectivity index (χ2v) is 8.39. The van der Waals surface area contributed by atoms with Gasteiger partial charge in [0, 0.05) is 6.54 Å². The van der Waals surface area contributed by atoms with Crippen molar-refractivity contribution in [3.63, 3.8) is 0 Å². The summed E-state index contributed by atoms with van der Waals surface area (Å²) in [5.41, 5.74) is 0.451. The van der Waals surface area contributed by atoms with E-state index < -0.39 is 23.7 Å². The molecule has 4 rings (SSSR count). The van der Waals surface area contributed by atoms with Gasteiger partial charge in [0.05, 0.1) is 25.7 Å². The zero-order chi connectivity index (χ0) is 23.4. The molecule has 0 radical (unpaired) electrons. The van der Waals surface area contributed by atoms with Gasteiger partial charge in [0.15, 0.2) is 11.2 Å². The summed E-state index contributed by atoms with van der Waals surface area (Å²) in [5, 5.41) is 2.69. The van der Waals surface area contributed by atoms with E-state index in [4.69, 9.17) is 4.42 Å². The highest BCUT2D eigenvalue weighted by atomic mass is 16.3. The number of carbonyl (C=O) groups is 1. The first-order valence-corrected chi connectivity index (χ1v) is 11.0. The van der Waals surface area contributed by atoms with Gasteiger partial charge in [-0.15, -0.1) is 0 Å². The van der Waals surface area contributed by atoms with Crippen LogP contribution in [0.5, 0.6) is 0 Å². The maximum absolute atomic E-state index is 13.3. The summed E-state index contributed by atoms with van der Waals surface area (Å²) in [6.07, 6.45) is 3.96. The van der Waals surface area contributed by atoms with Crippen LogP contribution in [0, 0.1) is 5.92 Å². The van der Waals surface area contributed by atoms with Crippen molar-refractivity contribution in [2.24, 2.45) is 5.92 Å². The van der Waals surface area contributed by atoms with Crippen molar-refractivity contribution in [1.29, 1.82) is 0 Å². The standard InChI is InChI=1S/C24H27N5O4/c1-17(2)10-11-27-16-26-22-21(27)23(31)29(15-20(30)25-13-19-9-6-12-33-19)24(32)28(22)14-18-7-4-3-5-8-18/h3-9,12,16-17H,10-11,13-15H2,1-2H3,(H,25,30). The number of carbonyl (C=O) groups excluding carboxylic acids is 1. The fourth-order valence-corrected chi connectivity index (χ4v) is 3.65. The van der Waals surface area contributed by atoms with Crippen molar-refractivity contribution in [1.82, 2.24) is 24.0 Å². The summed E-state index contributed by atoms with van der Waals surface area (Å²) in [6, 6.07) is 12.9. The Bertz CT molecular complexity index is 1350. The highest BCUT2D eigenvalue weighted by Crippen LogP contribution is 2.12. The Morgan fingerprint density at radius 3 is 2.58 bits per heavy atom. The van der Waals surface area contributed by atoms with Crippen molar-refractivity contribution in [3.05, 3.63) is 87.2 Å². The highest BCUT2D eigenvalue weighted by Gasteiger charge is 2.20. The number of amides is 1. The summed E-state index contributed by atoms with van der Waals surface area (Å²) in [4.78, 5) is 43.6. The predicted octanol–water partition coefficient (Wildman–Crippen LogP) is 2.36. The summed E-state index contributed by atoms with van der Waals surface area (Å²) >= 11 is 0. The molecule has 0 saturated carbocycles. The molecule has 0 saturated heterocycles. The Hall–Kier alpha value is -3.88. The molecule has 0 fully saturated rings. The number of aryl methyl sites for hydroxylation is 1. The van der Waals surface area contributed by atoms with E-state index in [1.807, 2.05) is 30.3 Å². The predicted molar refractivity (Wildman–Crippen MR) is 124 cm³/mol. The van der Waals surface area contributed by atoms with E-state index in [1.54, 1.807) is 23.0 Å². The first kappa shape index (κ1) is 22.3. The summed E-state index contributed by atoms with van der Waals surface area (Å²) < 4.78 is 9.43. The van der Waals surface area contributed by atoms with Crippen molar-refractivity contribution < 1.29 is 9.21 Å². The van der Waals surface area contributed by atoms with E-state index in [-0.39, 0.29) is 13.1 Å². The Morgan fingerprint density at radius 1 is 1.09 bits per heavy atom. The zero-order valence-electron chi connectivity index (χ0n) is 18.7. The number of furan rings is 1. The molecule has 3 aromatic heterocycles. The quantitative estimate of drug-likeness (QED) is 0.422. The molecule has 0 aliphatic carbocycles. The third-order valence-corrected chi connectivity index (χ3v) is 5.46. The van der Waals surface area contributed by atoms with Crippen LogP contribution in [-0.2, 0) is 31.0 Å². The van der Waals surface area contributed by atoms with Gasteiger partial charge in [0.25, 0.3) is 5.56 Å². The molecule has 0 unspecified atom stereocenters. The Morgan fingerprint density at radius 2 is 1.88 bits per heavy atom. The summed E-state index contributed by atoms with van der Waals surface area (Å²) in [5.74, 6) is 0.566. The number of hydrogen-bond donors (Lipinski definition) is 1. The van der Waals surface area contributed by atoms with Crippen LogP contribution in [0.3, 0.4) is 0 Å². The summed E-state index contributed by atoms with van der Waals surface area (Å²) in [7, 11) is 0. The van der Waals surface area contributed by atoms with Gasteiger partial charge in [-0.2, -0.15) is 0 Å². The number of imidazole rings is 1. The van der Waals surface area contributed by atoms with E-state index in [1.165, 1.54) is 10.8 Å². The molecule has 0 atom stereocenters. The SMILES string of the molecule is CC(C)CCn1cnc2c1c(=O)n(CC(=O)NCc1ccco1)c(=O)n2Cc1ccccc1. The smallest absolute Gasteiger partial charge is 0.333 e. The molecule has 0 aliphatic rings. The second kappa shape index (κ2) is 9.72. The summed E-state index contributed by atoms with van der Waals surface area (Å²) in [6.45, 7) is 4.83. The number of nitrogens with zero attached hydrogens (tertiary/aromatic N) is 4. The molecular formula is C24H27N5O4. The fraction of sp³-hybridized carbons (Fsp3) is 0.333. The molecule has 33 heavy (non-hydrogen) atoms. The number of rotatable bonds is 9. The lowest BCUT2D eigenvalue weighted by atomic mass is 10.1. The van der Waals surface area contributed by atoms with Crippen LogP contribution >= 0.6 is 0 Å². The van der Waals surface area contributed by atoms with Crippen molar-refractivity contribution >= 4 is 17.1 Å². The molecule has 1 N–H and O–H groups in total. The number of nitrogens with one attached hydrogen (secondary N) is 1. The van der Waals surface area contributed by atoms with Crippen LogP contribution < -0.4 is 16.6 Å². The molecule has 0 bridgehead atoms. The molecule has 172 valence electrons. The largest absolute Gasteiger partial charge is 0.467 e. The van der Waals surface area contributed by atoms with Gasteiger partial charge in [-0.1, -0.05) is 44.2 Å². The van der Waals surface area contributed by atoms with Crippen molar-refractivity contribution in [3.8, 4) is 0 Å². The third-order valence-electron chi connectivity index (χ3n) is 5.46. The van der Waals surface area contributed by atoms with Crippen LogP contribution in [0.4, 0.5) is 0 Å². The minimum absolute atomic E-state index is 0.174. The minimum atomic E-state index is -0.571. The van der Waals surface area contributed by atoms with Crippen LogP contribution in [0.15, 0.2) is 69.1 Å². The molecule has 1 aromatic carbocycles. The maximum atomic E-state index is 13.3. The van der Waals surface area contributed by atoms with Gasteiger partial charge >= 0.3 is 5.69 Å². The lowest BCUT2D eigenvalue weighted by molar-refractivity contribution is -0.122. The van der Waals surface area contributed by atoms with Gasteiger partial charge in [-0.25, -0.2) is 14.3 Å². The monoisotopic (exact) mass is 449 g/mol. The van der Waals surface area contributed by atoms with E-state index in [9.17, 15) is 14.4 Å². The van der Waals surface area contributed by atoms with Gasteiger partial charge in [0.1, 0.15) is 12.3 Å². The molecule has 3 heterocycles. The average molecular weight is 450 g/mol. The lowest BCUT2D eigenvalue weighted by Gasteiger charge is -2.13. The lowest BCUT2D eigenvalue weighted by Crippen LogP contribution is -2.44. The van der Waals surface area contributed by atoms with Crippen LogP contribution in [0.2, 0.25) is 0 Å². The number of hydrogen-bond acceptors (Lipinski definition) is 5. The Balaban J connectivity index is 1.74. The van der Waals surface area contributed by atoms with Gasteiger partial charge in [-0.3, -0.25) is 14.2 Å². The second-order valence-electron chi connectivity index (χ2n) is 8.39. The molecule has 0 aliphatic heterocycles. The molecule has 1 amide bonds. The number of aromatic nitrogens is 4. The maximum Gasteiger partial charge on any atom is 0.333 e. The van der Waals surface area contributed by atoms with E-state index in [2.05, 4.69) is 24.1 Å². The number of benzene rings is 1. The normalized spacial score (nSPS) is 11.4. The molecule has 4 aromatic rings.